The molecular weight excluding hydrogens is 383 g/mol. The fourth-order valence-corrected chi connectivity index (χ4v) is 2.73. The zero-order chi connectivity index (χ0) is 14.1. The summed E-state index contributed by atoms with van der Waals surface area (Å²) in [7, 11) is 2.00. The molecule has 2 aromatic rings. The van der Waals surface area contributed by atoms with Gasteiger partial charge in [0, 0.05) is 32.7 Å². The first-order valence-corrected chi connectivity index (χ1v) is 6.97. The number of fused-ring (bicyclic) bond motifs is 1. The average Bonchev–Trinajstić information content (AvgIpc) is 3.04. The van der Waals surface area contributed by atoms with Crippen LogP contribution in [0.4, 0.5) is 5.82 Å². The first-order valence-electron chi connectivity index (χ1n) is 6.97. The Bertz CT molecular complexity index is 603. The number of β-amino-alcohol motifs (C(OH)–C–C–N with tert-alkyl or cyclic N) is 1. The second-order valence-electron chi connectivity index (χ2n) is 5.28. The third-order valence-electron chi connectivity index (χ3n) is 3.78. The van der Waals surface area contributed by atoms with Crippen molar-refractivity contribution in [1.29, 1.82) is 0 Å². The molecule has 2 atom stereocenters. The van der Waals surface area contributed by atoms with Gasteiger partial charge >= 0.3 is 0 Å². The van der Waals surface area contributed by atoms with Crippen LogP contribution in [0.15, 0.2) is 12.7 Å². The minimum Gasteiger partial charge on any atom is -0.392 e. The number of halogens is 1. The largest absolute Gasteiger partial charge is 0.392 e. The van der Waals surface area contributed by atoms with Crippen molar-refractivity contribution in [1.82, 2.24) is 24.8 Å². The summed E-state index contributed by atoms with van der Waals surface area (Å²) in [5.41, 5.74) is 1.69. The van der Waals surface area contributed by atoms with Gasteiger partial charge in [0.1, 0.15) is 6.33 Å². The molecule has 21 heavy (non-hydrogen) atoms. The monoisotopic (exact) mass is 404 g/mol. The van der Waals surface area contributed by atoms with Crippen molar-refractivity contribution in [3.8, 4) is 0 Å². The summed E-state index contributed by atoms with van der Waals surface area (Å²) in [6.07, 6.45) is 3.92. The Balaban J connectivity index is 0.00000161. The second-order valence-corrected chi connectivity index (χ2v) is 5.28. The molecule has 0 aromatic carbocycles. The average molecular weight is 404 g/mol. The fraction of sp³-hybridized carbons (Fsp3) is 0.615. The van der Waals surface area contributed by atoms with Gasteiger partial charge in [-0.2, -0.15) is 0 Å². The highest BCUT2D eigenvalue weighted by Gasteiger charge is 2.24. The quantitative estimate of drug-likeness (QED) is 0.728. The lowest BCUT2D eigenvalue weighted by Crippen LogP contribution is -2.35. The first kappa shape index (κ1) is 16.4. The normalized spacial score (nSPS) is 21.5. The zero-order valence-corrected chi connectivity index (χ0v) is 14.6. The van der Waals surface area contributed by atoms with Crippen LogP contribution < -0.4 is 10.2 Å². The smallest absolute Gasteiger partial charge is 0.165 e. The molecule has 3 heterocycles. The van der Waals surface area contributed by atoms with Crippen LogP contribution in [-0.4, -0.2) is 56.9 Å². The molecule has 0 saturated carbocycles. The number of nitrogens with zero attached hydrogens (tertiary/aromatic N) is 5. The molecule has 1 saturated heterocycles. The van der Waals surface area contributed by atoms with E-state index in [0.29, 0.717) is 6.54 Å². The first-order chi connectivity index (χ1) is 9.69. The van der Waals surface area contributed by atoms with E-state index in [4.69, 9.17) is 0 Å². The molecule has 0 spiro atoms. The number of hydrogen-bond acceptors (Lipinski definition) is 6. The molecule has 3 rings (SSSR count). The summed E-state index contributed by atoms with van der Waals surface area (Å²) in [4.78, 5) is 15.2. The van der Waals surface area contributed by atoms with E-state index < -0.39 is 0 Å². The number of rotatable bonds is 4. The van der Waals surface area contributed by atoms with Crippen molar-refractivity contribution in [3.05, 3.63) is 12.7 Å². The van der Waals surface area contributed by atoms with E-state index in [1.165, 1.54) is 0 Å². The summed E-state index contributed by atoms with van der Waals surface area (Å²) in [5.74, 6) is 0.838. The number of aryl methyl sites for hydroxylation is 1. The van der Waals surface area contributed by atoms with E-state index >= 15 is 0 Å². The minimum absolute atomic E-state index is 0. The minimum atomic E-state index is -0.238. The molecule has 0 amide bonds. The third-order valence-corrected chi connectivity index (χ3v) is 3.78. The molecule has 0 radical (unpaired) electrons. The molecule has 116 valence electrons. The maximum absolute atomic E-state index is 9.57. The number of nitrogens with one attached hydrogen (secondary N) is 1. The van der Waals surface area contributed by atoms with Gasteiger partial charge in [-0.05, 0) is 13.3 Å². The highest BCUT2D eigenvalue weighted by Crippen LogP contribution is 2.21. The van der Waals surface area contributed by atoms with Gasteiger partial charge < -0.3 is 19.9 Å². The van der Waals surface area contributed by atoms with Gasteiger partial charge in [0.15, 0.2) is 17.0 Å². The summed E-state index contributed by atoms with van der Waals surface area (Å²) < 4.78 is 2.01. The Kier molecular flexibility index (Phi) is 5.33. The SMILES string of the molecule is CCn1cnc2c(N(C)C[C@@H]3C[C@@H](O)CN3)ncnc21.I. The van der Waals surface area contributed by atoms with Crippen molar-refractivity contribution < 1.29 is 5.11 Å². The van der Waals surface area contributed by atoms with Crippen LogP contribution in [0.3, 0.4) is 0 Å². The van der Waals surface area contributed by atoms with Crippen molar-refractivity contribution in [2.24, 2.45) is 0 Å². The Labute approximate surface area is 140 Å². The van der Waals surface area contributed by atoms with Crippen molar-refractivity contribution in [2.45, 2.75) is 32.0 Å². The number of imidazole rings is 1. The molecule has 2 aromatic heterocycles. The predicted octanol–water partition coefficient (Wildman–Crippen LogP) is 0.623. The highest BCUT2D eigenvalue weighted by molar-refractivity contribution is 14.0. The zero-order valence-electron chi connectivity index (χ0n) is 12.2. The molecule has 1 aliphatic heterocycles. The van der Waals surface area contributed by atoms with Crippen molar-refractivity contribution >= 4 is 41.0 Å². The molecule has 8 heteroatoms. The molecule has 0 bridgehead atoms. The lowest BCUT2D eigenvalue weighted by molar-refractivity contribution is 0.193. The Morgan fingerprint density at radius 2 is 2.24 bits per heavy atom. The van der Waals surface area contributed by atoms with Crippen LogP contribution in [0, 0.1) is 0 Å². The van der Waals surface area contributed by atoms with Gasteiger partial charge in [-0.1, -0.05) is 0 Å². The van der Waals surface area contributed by atoms with E-state index in [2.05, 4.69) is 32.1 Å². The Hall–Kier alpha value is -1.00. The molecule has 7 nitrogen and oxygen atoms in total. The summed E-state index contributed by atoms with van der Waals surface area (Å²) >= 11 is 0. The molecule has 0 unspecified atom stereocenters. The summed E-state index contributed by atoms with van der Waals surface area (Å²) in [6, 6.07) is 0.285. The van der Waals surface area contributed by atoms with E-state index in [0.717, 1.165) is 36.5 Å². The fourth-order valence-electron chi connectivity index (χ4n) is 2.73. The number of aliphatic hydroxyl groups is 1. The van der Waals surface area contributed by atoms with Gasteiger partial charge in [-0.15, -0.1) is 24.0 Å². The van der Waals surface area contributed by atoms with Crippen LogP contribution in [0.1, 0.15) is 13.3 Å². The van der Waals surface area contributed by atoms with E-state index in [1.807, 2.05) is 11.6 Å². The van der Waals surface area contributed by atoms with Gasteiger partial charge in [-0.25, -0.2) is 15.0 Å². The Morgan fingerprint density at radius 1 is 1.43 bits per heavy atom. The number of aliphatic hydroxyl groups excluding tert-OH is 1. The van der Waals surface area contributed by atoms with Gasteiger partial charge in [0.05, 0.1) is 12.4 Å². The molecule has 0 aliphatic carbocycles. The van der Waals surface area contributed by atoms with Gasteiger partial charge in [0.25, 0.3) is 0 Å². The topological polar surface area (TPSA) is 79.1 Å². The van der Waals surface area contributed by atoms with E-state index in [-0.39, 0.29) is 36.1 Å². The van der Waals surface area contributed by atoms with Gasteiger partial charge in [0.2, 0.25) is 0 Å². The molecular formula is C13H21IN6O. The number of hydrogen-bond donors (Lipinski definition) is 2. The third kappa shape index (κ3) is 3.27. The Morgan fingerprint density at radius 3 is 2.90 bits per heavy atom. The maximum Gasteiger partial charge on any atom is 0.165 e. The van der Waals surface area contributed by atoms with E-state index in [1.54, 1.807) is 12.7 Å². The second kappa shape index (κ2) is 6.84. The standard InChI is InChI=1S/C13H20N6O.HI/c1-3-19-8-17-11-12(15-7-16-13(11)19)18(2)6-9-4-10(20)5-14-9;/h7-10,14,20H,3-6H2,1-2H3;1H/t9-,10+;/m0./s1. The van der Waals surface area contributed by atoms with Crippen LogP contribution in [-0.2, 0) is 6.54 Å². The molecule has 1 fully saturated rings. The van der Waals surface area contributed by atoms with E-state index in [9.17, 15) is 5.11 Å². The van der Waals surface area contributed by atoms with Gasteiger partial charge in [-0.3, -0.25) is 0 Å². The van der Waals surface area contributed by atoms with Crippen LogP contribution in [0.2, 0.25) is 0 Å². The van der Waals surface area contributed by atoms with Crippen molar-refractivity contribution in [3.63, 3.8) is 0 Å². The van der Waals surface area contributed by atoms with Crippen LogP contribution in [0.5, 0.6) is 0 Å². The number of aromatic nitrogens is 4. The van der Waals surface area contributed by atoms with Crippen LogP contribution in [0.25, 0.3) is 11.2 Å². The number of likely N-dealkylation sites (N-methyl/N-ethyl adjacent to an activating group) is 1. The lowest BCUT2D eigenvalue weighted by Gasteiger charge is -2.22. The van der Waals surface area contributed by atoms with Crippen LogP contribution >= 0.6 is 24.0 Å². The van der Waals surface area contributed by atoms with Crippen molar-refractivity contribution in [2.75, 3.05) is 25.0 Å². The predicted molar refractivity (Wildman–Crippen MR) is 92.1 cm³/mol. The highest BCUT2D eigenvalue weighted by atomic mass is 127. The molecule has 2 N–H and O–H groups in total. The summed E-state index contributed by atoms with van der Waals surface area (Å²) in [5, 5.41) is 12.9. The lowest BCUT2D eigenvalue weighted by atomic mass is 10.2. The maximum atomic E-state index is 9.57. The number of anilines is 1. The summed E-state index contributed by atoms with van der Waals surface area (Å²) in [6.45, 7) is 4.37. The molecule has 1 aliphatic rings.